The van der Waals surface area contributed by atoms with Crippen molar-refractivity contribution in [1.29, 1.82) is 0 Å². The molecule has 2 rings (SSSR count). The summed E-state index contributed by atoms with van der Waals surface area (Å²) < 4.78 is 5.01. The Bertz CT molecular complexity index is 510. The summed E-state index contributed by atoms with van der Waals surface area (Å²) in [4.78, 5) is 12.4. The minimum absolute atomic E-state index is 0.263. The lowest BCUT2D eigenvalue weighted by molar-refractivity contribution is 0.379. The molecule has 0 unspecified atom stereocenters. The van der Waals surface area contributed by atoms with Gasteiger partial charge < -0.3 is 10.1 Å². The second kappa shape index (κ2) is 4.97. The first-order valence-electron chi connectivity index (χ1n) is 4.96. The molecular formula is C11H11ClN4O. The predicted octanol–water partition coefficient (Wildman–Crippen LogP) is 2.24. The monoisotopic (exact) mass is 250 g/mol. The fourth-order valence-electron chi connectivity index (χ4n) is 1.32. The summed E-state index contributed by atoms with van der Waals surface area (Å²) in [5, 5.41) is 3.48. The lowest BCUT2D eigenvalue weighted by atomic mass is 10.2. The highest BCUT2D eigenvalue weighted by molar-refractivity contribution is 6.30. The number of benzene rings is 1. The predicted molar refractivity (Wildman–Crippen MR) is 66.4 cm³/mol. The van der Waals surface area contributed by atoms with Gasteiger partial charge in [0.2, 0.25) is 5.95 Å². The number of halogens is 1. The number of aromatic nitrogens is 3. The topological polar surface area (TPSA) is 59.9 Å². The largest absolute Gasteiger partial charge is 0.467 e. The van der Waals surface area contributed by atoms with E-state index in [9.17, 15) is 0 Å². The molecule has 2 aromatic rings. The van der Waals surface area contributed by atoms with Crippen molar-refractivity contribution in [2.45, 2.75) is 0 Å². The summed E-state index contributed by atoms with van der Waals surface area (Å²) in [6, 6.07) is 7.56. The molecular weight excluding hydrogens is 240 g/mol. The number of ether oxygens (including phenoxy) is 1. The Kier molecular flexibility index (Phi) is 3.39. The Balaban J connectivity index is 2.50. The molecule has 0 aliphatic carbocycles. The van der Waals surface area contributed by atoms with E-state index < -0.39 is 0 Å². The van der Waals surface area contributed by atoms with E-state index in [1.807, 2.05) is 12.1 Å². The van der Waals surface area contributed by atoms with E-state index in [0.717, 1.165) is 5.56 Å². The van der Waals surface area contributed by atoms with Gasteiger partial charge in [0.05, 0.1) is 7.11 Å². The summed E-state index contributed by atoms with van der Waals surface area (Å²) >= 11 is 5.92. The molecule has 0 spiro atoms. The maximum Gasteiger partial charge on any atom is 0.321 e. The van der Waals surface area contributed by atoms with Crippen molar-refractivity contribution in [3.8, 4) is 17.4 Å². The molecule has 0 aliphatic heterocycles. The van der Waals surface area contributed by atoms with Crippen LogP contribution in [0.5, 0.6) is 6.01 Å². The molecule has 0 radical (unpaired) electrons. The van der Waals surface area contributed by atoms with Crippen LogP contribution in [0.4, 0.5) is 5.95 Å². The quantitative estimate of drug-likeness (QED) is 0.905. The van der Waals surface area contributed by atoms with Crippen LogP contribution >= 0.6 is 11.6 Å². The second-order valence-electron chi connectivity index (χ2n) is 3.23. The van der Waals surface area contributed by atoms with Crippen LogP contribution in [0.1, 0.15) is 0 Å². The fraction of sp³-hybridized carbons (Fsp3) is 0.182. The van der Waals surface area contributed by atoms with Crippen molar-refractivity contribution in [1.82, 2.24) is 15.0 Å². The van der Waals surface area contributed by atoms with Crippen molar-refractivity contribution in [2.75, 3.05) is 19.5 Å². The molecule has 0 fully saturated rings. The molecule has 0 saturated carbocycles. The first kappa shape index (κ1) is 11.6. The number of hydrogen-bond donors (Lipinski definition) is 1. The standard InChI is InChI=1S/C11H11ClN4O/c1-13-10-14-9(15-11(16-10)17-2)7-4-3-5-8(12)6-7/h3-6H,1-2H3,(H,13,14,15,16). The van der Waals surface area contributed by atoms with Crippen LogP contribution in [-0.2, 0) is 0 Å². The van der Waals surface area contributed by atoms with E-state index in [0.29, 0.717) is 16.8 Å². The normalized spacial score (nSPS) is 10.1. The highest BCUT2D eigenvalue weighted by Crippen LogP contribution is 2.21. The Morgan fingerprint density at radius 1 is 1.24 bits per heavy atom. The van der Waals surface area contributed by atoms with E-state index >= 15 is 0 Å². The number of nitrogens with one attached hydrogen (secondary N) is 1. The van der Waals surface area contributed by atoms with E-state index in [1.165, 1.54) is 7.11 Å². The third-order valence-electron chi connectivity index (χ3n) is 2.10. The number of anilines is 1. The van der Waals surface area contributed by atoms with Gasteiger partial charge in [-0.3, -0.25) is 0 Å². The molecule has 1 aromatic carbocycles. The van der Waals surface area contributed by atoms with E-state index in [2.05, 4.69) is 20.3 Å². The van der Waals surface area contributed by atoms with E-state index in [4.69, 9.17) is 16.3 Å². The highest BCUT2D eigenvalue weighted by atomic mass is 35.5. The molecule has 1 heterocycles. The lowest BCUT2D eigenvalue weighted by Crippen LogP contribution is -2.03. The fourth-order valence-corrected chi connectivity index (χ4v) is 1.51. The Morgan fingerprint density at radius 3 is 2.71 bits per heavy atom. The number of rotatable bonds is 3. The van der Waals surface area contributed by atoms with Crippen LogP contribution in [0.15, 0.2) is 24.3 Å². The van der Waals surface area contributed by atoms with Crippen LogP contribution in [0, 0.1) is 0 Å². The smallest absolute Gasteiger partial charge is 0.321 e. The summed E-state index contributed by atoms with van der Waals surface area (Å²) in [6.45, 7) is 0. The molecule has 5 nitrogen and oxygen atoms in total. The number of hydrogen-bond acceptors (Lipinski definition) is 5. The van der Waals surface area contributed by atoms with Gasteiger partial charge in [-0.05, 0) is 12.1 Å². The molecule has 0 bridgehead atoms. The lowest BCUT2D eigenvalue weighted by Gasteiger charge is -2.05. The van der Waals surface area contributed by atoms with Crippen molar-refractivity contribution in [2.24, 2.45) is 0 Å². The SMILES string of the molecule is CNc1nc(OC)nc(-c2cccc(Cl)c2)n1. The zero-order valence-corrected chi connectivity index (χ0v) is 10.2. The van der Waals surface area contributed by atoms with Crippen LogP contribution in [0.3, 0.4) is 0 Å². The third kappa shape index (κ3) is 2.62. The molecule has 88 valence electrons. The second-order valence-corrected chi connectivity index (χ2v) is 3.67. The average molecular weight is 251 g/mol. The first-order valence-corrected chi connectivity index (χ1v) is 5.34. The Hall–Kier alpha value is -1.88. The van der Waals surface area contributed by atoms with Gasteiger partial charge in [-0.25, -0.2) is 0 Å². The maximum atomic E-state index is 5.92. The maximum absolute atomic E-state index is 5.92. The zero-order valence-electron chi connectivity index (χ0n) is 9.44. The molecule has 1 N–H and O–H groups in total. The van der Waals surface area contributed by atoms with Crippen molar-refractivity contribution in [3.05, 3.63) is 29.3 Å². The summed E-state index contributed by atoms with van der Waals surface area (Å²) in [6.07, 6.45) is 0. The van der Waals surface area contributed by atoms with E-state index in [-0.39, 0.29) is 6.01 Å². The molecule has 6 heteroatoms. The van der Waals surface area contributed by atoms with Crippen LogP contribution in [0.25, 0.3) is 11.4 Å². The van der Waals surface area contributed by atoms with Crippen LogP contribution < -0.4 is 10.1 Å². The van der Waals surface area contributed by atoms with Gasteiger partial charge in [0.15, 0.2) is 5.82 Å². The zero-order chi connectivity index (χ0) is 12.3. The molecule has 0 atom stereocenters. The third-order valence-corrected chi connectivity index (χ3v) is 2.34. The molecule has 1 aromatic heterocycles. The van der Waals surface area contributed by atoms with Gasteiger partial charge in [-0.1, -0.05) is 23.7 Å². The van der Waals surface area contributed by atoms with Crippen LogP contribution in [0.2, 0.25) is 5.02 Å². The van der Waals surface area contributed by atoms with Gasteiger partial charge in [-0.15, -0.1) is 0 Å². The molecule has 17 heavy (non-hydrogen) atoms. The minimum Gasteiger partial charge on any atom is -0.467 e. The number of nitrogens with zero attached hydrogens (tertiary/aromatic N) is 3. The Morgan fingerprint density at radius 2 is 2.06 bits per heavy atom. The van der Waals surface area contributed by atoms with Gasteiger partial charge in [0, 0.05) is 17.6 Å². The van der Waals surface area contributed by atoms with Crippen molar-refractivity contribution in [3.63, 3.8) is 0 Å². The number of methoxy groups -OCH3 is 1. The van der Waals surface area contributed by atoms with Gasteiger partial charge in [0.25, 0.3) is 0 Å². The van der Waals surface area contributed by atoms with E-state index in [1.54, 1.807) is 19.2 Å². The minimum atomic E-state index is 0.263. The molecule has 0 saturated heterocycles. The van der Waals surface area contributed by atoms with Gasteiger partial charge in [-0.2, -0.15) is 15.0 Å². The first-order chi connectivity index (χ1) is 8.22. The van der Waals surface area contributed by atoms with Crippen molar-refractivity contribution < 1.29 is 4.74 Å². The van der Waals surface area contributed by atoms with Crippen LogP contribution in [-0.4, -0.2) is 29.1 Å². The summed E-state index contributed by atoms with van der Waals surface area (Å²) in [7, 11) is 3.24. The van der Waals surface area contributed by atoms with Crippen molar-refractivity contribution >= 4 is 17.5 Å². The van der Waals surface area contributed by atoms with Gasteiger partial charge >= 0.3 is 6.01 Å². The Labute approximate surface area is 104 Å². The summed E-state index contributed by atoms with van der Waals surface area (Å²) in [5.41, 5.74) is 0.815. The average Bonchev–Trinajstić information content (AvgIpc) is 2.38. The molecule has 0 amide bonds. The summed E-state index contributed by atoms with van der Waals surface area (Å²) in [5.74, 6) is 0.968. The highest BCUT2D eigenvalue weighted by Gasteiger charge is 2.08. The van der Waals surface area contributed by atoms with Gasteiger partial charge in [0.1, 0.15) is 0 Å². The molecule has 0 aliphatic rings.